The van der Waals surface area contributed by atoms with E-state index in [1.165, 1.54) is 6.20 Å². The number of ether oxygens (including phenoxy) is 1. The van der Waals surface area contributed by atoms with E-state index in [0.29, 0.717) is 28.8 Å². The molecule has 1 aromatic heterocycles. The third-order valence-corrected chi connectivity index (χ3v) is 5.25. The third-order valence-electron chi connectivity index (χ3n) is 5.25. The quantitative estimate of drug-likeness (QED) is 0.546. The van der Waals surface area contributed by atoms with Crippen LogP contribution >= 0.6 is 0 Å². The number of aromatic amines is 1. The second-order valence-corrected chi connectivity index (χ2v) is 7.07. The Morgan fingerprint density at radius 3 is 2.68 bits per heavy atom. The highest BCUT2D eigenvalue weighted by Crippen LogP contribution is 2.32. The highest BCUT2D eigenvalue weighted by molar-refractivity contribution is 6.08. The number of urea groups is 1. The van der Waals surface area contributed by atoms with Crippen LogP contribution in [0.15, 0.2) is 30.5 Å². The Morgan fingerprint density at radius 1 is 1.14 bits per heavy atom. The number of benzene rings is 1. The number of nitrogens with one attached hydrogen (secondary N) is 3. The van der Waals surface area contributed by atoms with E-state index in [1.54, 1.807) is 12.1 Å². The lowest BCUT2D eigenvalue weighted by Gasteiger charge is -2.30. The summed E-state index contributed by atoms with van der Waals surface area (Å²) in [7, 11) is 0. The molecule has 0 unspecified atom stereocenters. The largest absolute Gasteiger partial charge is 0.452 e. The molecule has 1 saturated carbocycles. The van der Waals surface area contributed by atoms with Gasteiger partial charge >= 0.3 is 12.0 Å². The zero-order chi connectivity index (χ0) is 19.7. The minimum atomic E-state index is -0.927. The Labute approximate surface area is 160 Å². The molecule has 1 spiro atoms. The number of para-hydroxylation sites is 1. The van der Waals surface area contributed by atoms with E-state index in [0.717, 1.165) is 24.8 Å². The fraction of sp³-hybridized carbons (Fsp3) is 0.368. The molecule has 2 aliphatic rings. The van der Waals surface area contributed by atoms with E-state index in [2.05, 4.69) is 15.7 Å². The maximum absolute atomic E-state index is 12.6. The summed E-state index contributed by atoms with van der Waals surface area (Å²) in [6, 6.07) is 6.54. The Hall–Kier alpha value is -3.36. The lowest BCUT2D eigenvalue weighted by atomic mass is 9.82. The van der Waals surface area contributed by atoms with Gasteiger partial charge in [0.05, 0.1) is 5.56 Å². The molecule has 146 valence electrons. The number of hydrogen-bond donors (Lipinski definition) is 3. The number of hydrogen-bond acceptors (Lipinski definition) is 5. The van der Waals surface area contributed by atoms with Gasteiger partial charge in [-0.25, -0.2) is 9.59 Å². The smallest absolute Gasteiger partial charge is 0.344 e. The van der Waals surface area contributed by atoms with Gasteiger partial charge in [-0.1, -0.05) is 37.5 Å². The normalized spacial score (nSPS) is 18.4. The highest BCUT2D eigenvalue weighted by Gasteiger charge is 2.52. The molecule has 2 aromatic rings. The van der Waals surface area contributed by atoms with Crippen LogP contribution < -0.4 is 10.7 Å². The van der Waals surface area contributed by atoms with Crippen LogP contribution in [-0.2, 0) is 14.3 Å². The summed E-state index contributed by atoms with van der Waals surface area (Å²) in [4.78, 5) is 52.1. The van der Waals surface area contributed by atoms with Gasteiger partial charge in [-0.05, 0) is 18.9 Å². The van der Waals surface area contributed by atoms with Gasteiger partial charge in [0.1, 0.15) is 5.54 Å². The van der Waals surface area contributed by atoms with Gasteiger partial charge in [0.25, 0.3) is 11.8 Å². The van der Waals surface area contributed by atoms with Crippen LogP contribution in [-0.4, -0.2) is 46.0 Å². The highest BCUT2D eigenvalue weighted by atomic mass is 16.5. The van der Waals surface area contributed by atoms with E-state index >= 15 is 0 Å². The Bertz CT molecular complexity index is 960. The number of imide groups is 1. The Balaban J connectivity index is 1.36. The Morgan fingerprint density at radius 2 is 1.89 bits per heavy atom. The molecule has 1 aromatic carbocycles. The monoisotopic (exact) mass is 384 g/mol. The fourth-order valence-electron chi connectivity index (χ4n) is 3.82. The number of rotatable bonds is 4. The second-order valence-electron chi connectivity index (χ2n) is 7.07. The molecular weight excluding hydrogens is 364 g/mol. The number of carbonyl (C=O) groups excluding carboxylic acids is 4. The van der Waals surface area contributed by atoms with Crippen LogP contribution in [0.1, 0.15) is 42.5 Å². The number of aromatic nitrogens is 1. The van der Waals surface area contributed by atoms with Gasteiger partial charge < -0.3 is 15.0 Å². The molecule has 2 fully saturated rings. The molecule has 1 aliphatic carbocycles. The predicted octanol–water partition coefficient (Wildman–Crippen LogP) is 1.61. The first-order valence-electron chi connectivity index (χ1n) is 9.20. The van der Waals surface area contributed by atoms with Crippen molar-refractivity contribution in [3.8, 4) is 0 Å². The maximum atomic E-state index is 12.6. The van der Waals surface area contributed by atoms with E-state index in [-0.39, 0.29) is 0 Å². The molecule has 3 N–H and O–H groups in total. The van der Waals surface area contributed by atoms with Crippen LogP contribution in [0.2, 0.25) is 0 Å². The van der Waals surface area contributed by atoms with Crippen molar-refractivity contribution in [2.24, 2.45) is 0 Å². The van der Waals surface area contributed by atoms with Gasteiger partial charge in [0.2, 0.25) is 0 Å². The molecular formula is C19H20N4O5. The van der Waals surface area contributed by atoms with E-state index < -0.39 is 36.0 Å². The van der Waals surface area contributed by atoms with Crippen LogP contribution in [0.25, 0.3) is 10.9 Å². The average Bonchev–Trinajstić information content (AvgIpc) is 3.22. The first-order valence-corrected chi connectivity index (χ1v) is 9.20. The summed E-state index contributed by atoms with van der Waals surface area (Å²) in [5.41, 5.74) is 2.39. The first-order chi connectivity index (χ1) is 13.5. The molecule has 0 bridgehead atoms. The number of H-pyrrole nitrogens is 1. The van der Waals surface area contributed by atoms with Crippen molar-refractivity contribution in [2.75, 3.05) is 6.61 Å². The first kappa shape index (κ1) is 18.0. The number of amides is 4. The van der Waals surface area contributed by atoms with Crippen LogP contribution in [0.3, 0.4) is 0 Å². The summed E-state index contributed by atoms with van der Waals surface area (Å²) < 4.78 is 5.03. The van der Waals surface area contributed by atoms with E-state index in [9.17, 15) is 19.2 Å². The molecule has 4 rings (SSSR count). The predicted molar refractivity (Wildman–Crippen MR) is 97.9 cm³/mol. The van der Waals surface area contributed by atoms with E-state index in [1.807, 2.05) is 12.1 Å². The summed E-state index contributed by atoms with van der Waals surface area (Å²) >= 11 is 0. The van der Waals surface area contributed by atoms with Crippen LogP contribution in [0.4, 0.5) is 4.79 Å². The molecule has 28 heavy (non-hydrogen) atoms. The molecule has 0 atom stereocenters. The number of fused-ring (bicyclic) bond motifs is 1. The molecule has 1 aliphatic heterocycles. The number of hydrazine groups is 1. The molecule has 9 nitrogen and oxygen atoms in total. The number of carbonyl (C=O) groups is 4. The van der Waals surface area contributed by atoms with Gasteiger partial charge in [-0.2, -0.15) is 5.01 Å². The fourth-order valence-corrected chi connectivity index (χ4v) is 3.82. The topological polar surface area (TPSA) is 121 Å². The van der Waals surface area contributed by atoms with Gasteiger partial charge in [0.15, 0.2) is 6.61 Å². The van der Waals surface area contributed by atoms with Crippen molar-refractivity contribution in [1.82, 2.24) is 20.7 Å². The lowest BCUT2D eigenvalue weighted by Crippen LogP contribution is -2.51. The second kappa shape index (κ2) is 6.99. The SMILES string of the molecule is O=C(COC(=O)c1c[nH]c2ccccc12)NN1C(=O)NC2(CCCCC2)C1=O. The molecule has 4 amide bonds. The van der Waals surface area contributed by atoms with Crippen molar-refractivity contribution in [2.45, 2.75) is 37.6 Å². The van der Waals surface area contributed by atoms with Crippen molar-refractivity contribution in [1.29, 1.82) is 0 Å². The summed E-state index contributed by atoms with van der Waals surface area (Å²) in [6.45, 7) is -0.609. The van der Waals surface area contributed by atoms with Gasteiger partial charge in [-0.15, -0.1) is 0 Å². The van der Waals surface area contributed by atoms with Gasteiger partial charge in [-0.3, -0.25) is 15.0 Å². The maximum Gasteiger partial charge on any atom is 0.344 e. The van der Waals surface area contributed by atoms with Gasteiger partial charge in [0, 0.05) is 17.1 Å². The van der Waals surface area contributed by atoms with Crippen LogP contribution in [0.5, 0.6) is 0 Å². The summed E-state index contributed by atoms with van der Waals surface area (Å²) in [6.07, 6.45) is 5.32. The summed E-state index contributed by atoms with van der Waals surface area (Å²) in [5, 5.41) is 4.06. The zero-order valence-corrected chi connectivity index (χ0v) is 15.1. The van der Waals surface area contributed by atoms with Crippen molar-refractivity contribution in [3.63, 3.8) is 0 Å². The lowest BCUT2D eigenvalue weighted by molar-refractivity contribution is -0.140. The zero-order valence-electron chi connectivity index (χ0n) is 15.1. The number of nitrogens with zero attached hydrogens (tertiary/aromatic N) is 1. The standard InChI is InChI=1S/C19H20N4O5/c24-15(11-28-16(25)13-10-20-14-7-3-2-6-12(13)14)22-23-17(26)19(21-18(23)27)8-4-1-5-9-19/h2-3,6-7,10,20H,1,4-5,8-9,11H2,(H,21,27)(H,22,24). The molecule has 1 saturated heterocycles. The van der Waals surface area contributed by atoms with Crippen molar-refractivity contribution < 1.29 is 23.9 Å². The average molecular weight is 384 g/mol. The third kappa shape index (κ3) is 3.08. The summed E-state index contributed by atoms with van der Waals surface area (Å²) in [5.74, 6) is -1.90. The molecule has 2 heterocycles. The molecule has 0 radical (unpaired) electrons. The minimum absolute atomic E-state index is 0.305. The Kier molecular flexibility index (Phi) is 4.50. The van der Waals surface area contributed by atoms with Crippen molar-refractivity contribution >= 4 is 34.7 Å². The van der Waals surface area contributed by atoms with E-state index in [4.69, 9.17) is 4.74 Å². The minimum Gasteiger partial charge on any atom is -0.452 e. The molecule has 9 heteroatoms. The number of esters is 1. The van der Waals surface area contributed by atoms with Crippen LogP contribution in [0, 0.1) is 0 Å². The van der Waals surface area contributed by atoms with Crippen molar-refractivity contribution in [3.05, 3.63) is 36.0 Å².